The normalized spacial score (nSPS) is 13.3. The monoisotopic (exact) mass is 335 g/mol. The number of amides is 1. The van der Waals surface area contributed by atoms with Crippen LogP contribution in [-0.4, -0.2) is 16.1 Å². The van der Waals surface area contributed by atoms with Gasteiger partial charge >= 0.3 is 0 Å². The van der Waals surface area contributed by atoms with Crippen molar-refractivity contribution in [3.8, 4) is 10.6 Å². The molecular weight excluding hydrogens is 318 g/mol. The Kier molecular flexibility index (Phi) is 4.09. The summed E-state index contributed by atoms with van der Waals surface area (Å²) in [4.78, 5) is 12.5. The van der Waals surface area contributed by atoms with Gasteiger partial charge in [-0.2, -0.15) is 0 Å². The first kappa shape index (κ1) is 15.0. The first-order valence-electron chi connectivity index (χ1n) is 8.12. The van der Waals surface area contributed by atoms with Crippen molar-refractivity contribution >= 4 is 22.4 Å². The second-order valence-corrected chi connectivity index (χ2v) is 6.90. The molecule has 0 bridgehead atoms. The zero-order valence-corrected chi connectivity index (χ0v) is 14.0. The molecule has 1 amide bonds. The van der Waals surface area contributed by atoms with Gasteiger partial charge in [0.1, 0.15) is 5.01 Å². The number of rotatable bonds is 3. The molecule has 0 saturated heterocycles. The molecular formula is C19H17N3OS. The minimum absolute atomic E-state index is 0.126. The topological polar surface area (TPSA) is 54.9 Å². The van der Waals surface area contributed by atoms with Gasteiger partial charge < -0.3 is 0 Å². The lowest BCUT2D eigenvalue weighted by Gasteiger charge is -2.16. The van der Waals surface area contributed by atoms with E-state index in [1.807, 2.05) is 42.5 Å². The SMILES string of the molecule is O=C(Nc1nnc(-c2ccccc2)s1)c1ccc2c(c1)CCCC2. The van der Waals surface area contributed by atoms with Crippen molar-refractivity contribution in [3.05, 3.63) is 65.2 Å². The zero-order valence-electron chi connectivity index (χ0n) is 13.2. The van der Waals surface area contributed by atoms with Crippen molar-refractivity contribution in [2.24, 2.45) is 0 Å². The number of nitrogens with one attached hydrogen (secondary N) is 1. The Morgan fingerprint density at radius 3 is 2.58 bits per heavy atom. The molecule has 0 unspecified atom stereocenters. The van der Waals surface area contributed by atoms with Crippen LogP contribution in [0.1, 0.15) is 34.3 Å². The summed E-state index contributed by atoms with van der Waals surface area (Å²) in [6, 6.07) is 15.8. The van der Waals surface area contributed by atoms with Crippen LogP contribution in [0.15, 0.2) is 48.5 Å². The summed E-state index contributed by atoms with van der Waals surface area (Å²) >= 11 is 1.38. The average Bonchev–Trinajstić information content (AvgIpc) is 3.10. The highest BCUT2D eigenvalue weighted by atomic mass is 32.1. The molecule has 0 atom stereocenters. The van der Waals surface area contributed by atoms with Crippen LogP contribution in [0.4, 0.5) is 5.13 Å². The van der Waals surface area contributed by atoms with Crippen LogP contribution in [0.2, 0.25) is 0 Å². The highest BCUT2D eigenvalue weighted by molar-refractivity contribution is 7.18. The number of benzene rings is 2. The lowest BCUT2D eigenvalue weighted by Crippen LogP contribution is -2.13. The van der Waals surface area contributed by atoms with E-state index in [1.54, 1.807) is 0 Å². The highest BCUT2D eigenvalue weighted by Crippen LogP contribution is 2.27. The number of anilines is 1. The summed E-state index contributed by atoms with van der Waals surface area (Å²) in [5.74, 6) is -0.126. The molecule has 1 aromatic heterocycles. The van der Waals surface area contributed by atoms with E-state index in [2.05, 4.69) is 21.6 Å². The molecule has 2 aromatic carbocycles. The Balaban J connectivity index is 1.51. The van der Waals surface area contributed by atoms with Gasteiger partial charge in [-0.15, -0.1) is 10.2 Å². The third kappa shape index (κ3) is 3.08. The predicted octanol–water partition coefficient (Wildman–Crippen LogP) is 4.34. The summed E-state index contributed by atoms with van der Waals surface area (Å²) < 4.78 is 0. The van der Waals surface area contributed by atoms with Gasteiger partial charge in [-0.25, -0.2) is 0 Å². The summed E-state index contributed by atoms with van der Waals surface area (Å²) in [6.45, 7) is 0. The number of nitrogens with zero attached hydrogens (tertiary/aromatic N) is 2. The zero-order chi connectivity index (χ0) is 16.4. The predicted molar refractivity (Wildman–Crippen MR) is 96.4 cm³/mol. The molecule has 0 spiro atoms. The maximum atomic E-state index is 12.5. The summed E-state index contributed by atoms with van der Waals surface area (Å²) in [6.07, 6.45) is 4.63. The molecule has 120 valence electrons. The number of carbonyl (C=O) groups is 1. The summed E-state index contributed by atoms with van der Waals surface area (Å²) in [5.41, 5.74) is 4.37. The lowest BCUT2D eigenvalue weighted by molar-refractivity contribution is 0.102. The maximum absolute atomic E-state index is 12.5. The molecule has 0 saturated carbocycles. The van der Waals surface area contributed by atoms with Crippen molar-refractivity contribution in [2.75, 3.05) is 5.32 Å². The fraction of sp³-hybridized carbons (Fsp3) is 0.211. The van der Waals surface area contributed by atoms with Crippen LogP contribution in [0.25, 0.3) is 10.6 Å². The van der Waals surface area contributed by atoms with Crippen LogP contribution < -0.4 is 5.32 Å². The van der Waals surface area contributed by atoms with E-state index in [0.717, 1.165) is 23.4 Å². The molecule has 4 rings (SSSR count). The summed E-state index contributed by atoms with van der Waals surface area (Å²) in [7, 11) is 0. The fourth-order valence-corrected chi connectivity index (χ4v) is 3.76. The molecule has 0 fully saturated rings. The van der Waals surface area contributed by atoms with Gasteiger partial charge in [0.15, 0.2) is 0 Å². The molecule has 5 heteroatoms. The van der Waals surface area contributed by atoms with E-state index in [4.69, 9.17) is 0 Å². The number of aryl methyl sites for hydroxylation is 2. The molecule has 1 heterocycles. The molecule has 1 aliphatic rings. The Morgan fingerprint density at radius 2 is 1.75 bits per heavy atom. The molecule has 1 N–H and O–H groups in total. The van der Waals surface area contributed by atoms with E-state index in [1.165, 1.54) is 35.3 Å². The Bertz CT molecular complexity index is 873. The molecule has 0 aliphatic heterocycles. The number of hydrogen-bond acceptors (Lipinski definition) is 4. The standard InChI is InChI=1S/C19H17N3OS/c23-17(16-11-10-13-6-4-5-9-15(13)12-16)20-19-22-21-18(24-19)14-7-2-1-3-8-14/h1-3,7-8,10-12H,4-6,9H2,(H,20,22,23). The van der Waals surface area contributed by atoms with Crippen molar-refractivity contribution in [2.45, 2.75) is 25.7 Å². The Labute approximate surface area is 144 Å². The molecule has 1 aliphatic carbocycles. The van der Waals surface area contributed by atoms with Gasteiger partial charge in [0, 0.05) is 11.1 Å². The smallest absolute Gasteiger partial charge is 0.257 e. The van der Waals surface area contributed by atoms with Crippen LogP contribution in [0.3, 0.4) is 0 Å². The average molecular weight is 335 g/mol. The van der Waals surface area contributed by atoms with Gasteiger partial charge in [0.25, 0.3) is 5.91 Å². The summed E-state index contributed by atoms with van der Waals surface area (Å²) in [5, 5.41) is 12.4. The Hall–Kier alpha value is -2.53. The van der Waals surface area contributed by atoms with Gasteiger partial charge in [-0.3, -0.25) is 10.1 Å². The van der Waals surface area contributed by atoms with Gasteiger partial charge in [-0.1, -0.05) is 47.7 Å². The van der Waals surface area contributed by atoms with Crippen molar-refractivity contribution in [1.29, 1.82) is 0 Å². The lowest BCUT2D eigenvalue weighted by atomic mass is 9.90. The minimum Gasteiger partial charge on any atom is -0.296 e. The van der Waals surface area contributed by atoms with E-state index >= 15 is 0 Å². The molecule has 24 heavy (non-hydrogen) atoms. The minimum atomic E-state index is -0.126. The van der Waals surface area contributed by atoms with E-state index < -0.39 is 0 Å². The number of carbonyl (C=O) groups excluding carboxylic acids is 1. The quantitative estimate of drug-likeness (QED) is 0.775. The van der Waals surface area contributed by atoms with Crippen LogP contribution >= 0.6 is 11.3 Å². The molecule has 4 nitrogen and oxygen atoms in total. The fourth-order valence-electron chi connectivity index (χ4n) is 3.02. The van der Waals surface area contributed by atoms with Gasteiger partial charge in [-0.05, 0) is 48.9 Å². The maximum Gasteiger partial charge on any atom is 0.257 e. The first-order valence-corrected chi connectivity index (χ1v) is 8.93. The highest BCUT2D eigenvalue weighted by Gasteiger charge is 2.14. The van der Waals surface area contributed by atoms with E-state index in [-0.39, 0.29) is 5.91 Å². The number of aromatic nitrogens is 2. The van der Waals surface area contributed by atoms with Crippen molar-refractivity contribution < 1.29 is 4.79 Å². The van der Waals surface area contributed by atoms with Crippen LogP contribution in [0.5, 0.6) is 0 Å². The van der Waals surface area contributed by atoms with Crippen LogP contribution in [-0.2, 0) is 12.8 Å². The van der Waals surface area contributed by atoms with Gasteiger partial charge in [0.2, 0.25) is 5.13 Å². The third-order valence-electron chi connectivity index (χ3n) is 4.28. The van der Waals surface area contributed by atoms with Crippen molar-refractivity contribution in [1.82, 2.24) is 10.2 Å². The van der Waals surface area contributed by atoms with Gasteiger partial charge in [0.05, 0.1) is 0 Å². The number of fused-ring (bicyclic) bond motifs is 1. The third-order valence-corrected chi connectivity index (χ3v) is 5.16. The second-order valence-electron chi connectivity index (χ2n) is 5.92. The van der Waals surface area contributed by atoms with Crippen molar-refractivity contribution in [3.63, 3.8) is 0 Å². The molecule has 0 radical (unpaired) electrons. The van der Waals surface area contributed by atoms with E-state index in [0.29, 0.717) is 10.7 Å². The first-order chi connectivity index (χ1) is 11.8. The molecule has 3 aromatic rings. The largest absolute Gasteiger partial charge is 0.296 e. The second kappa shape index (κ2) is 6.53. The number of hydrogen-bond donors (Lipinski definition) is 1. The van der Waals surface area contributed by atoms with Crippen LogP contribution in [0, 0.1) is 0 Å². The Morgan fingerprint density at radius 1 is 0.958 bits per heavy atom. The van der Waals surface area contributed by atoms with E-state index in [9.17, 15) is 4.79 Å².